The Morgan fingerprint density at radius 3 is 2.70 bits per heavy atom. The number of carbonyl (C=O) groups is 1. The number of aryl methyl sites for hydroxylation is 3. The molecule has 0 aliphatic carbocycles. The molecule has 3 aromatic rings. The quantitative estimate of drug-likeness (QED) is 0.681. The van der Waals surface area contributed by atoms with E-state index in [2.05, 4.69) is 15.4 Å². The van der Waals surface area contributed by atoms with Crippen molar-refractivity contribution >= 4 is 22.9 Å². The molecule has 0 atom stereocenters. The lowest BCUT2D eigenvalue weighted by Gasteiger charge is -2.10. The fraction of sp³-hybridized carbons (Fsp3) is 0.316. The van der Waals surface area contributed by atoms with Crippen LogP contribution in [0.4, 0.5) is 5.69 Å². The Balaban J connectivity index is 1.82. The first kappa shape index (κ1) is 18.9. The third-order valence-electron chi connectivity index (χ3n) is 4.20. The molecule has 8 heteroatoms. The SMILES string of the molecule is CCOc1ccccc1NC(=O)Cc1c(C)[nH]n(-c2nc(C)c(C)s2)c1=O. The largest absolute Gasteiger partial charge is 0.492 e. The number of hydrogen-bond donors (Lipinski definition) is 2. The van der Waals surface area contributed by atoms with E-state index in [1.165, 1.54) is 16.0 Å². The Labute approximate surface area is 161 Å². The van der Waals surface area contributed by atoms with E-state index < -0.39 is 0 Å². The Morgan fingerprint density at radius 2 is 2.04 bits per heavy atom. The number of H-pyrrole nitrogens is 1. The topological polar surface area (TPSA) is 89.0 Å². The maximum atomic E-state index is 12.8. The van der Waals surface area contributed by atoms with Gasteiger partial charge in [0, 0.05) is 16.1 Å². The second-order valence-corrected chi connectivity index (χ2v) is 7.33. The first-order valence-electron chi connectivity index (χ1n) is 8.67. The third-order valence-corrected chi connectivity index (χ3v) is 5.26. The van der Waals surface area contributed by atoms with E-state index in [9.17, 15) is 9.59 Å². The summed E-state index contributed by atoms with van der Waals surface area (Å²) in [5.41, 5.74) is 2.30. The fourth-order valence-electron chi connectivity index (χ4n) is 2.68. The van der Waals surface area contributed by atoms with Gasteiger partial charge in [-0.25, -0.2) is 4.98 Å². The number of thiazole rings is 1. The molecule has 0 bridgehead atoms. The van der Waals surface area contributed by atoms with Crippen LogP contribution in [0.25, 0.3) is 5.13 Å². The molecule has 3 rings (SSSR count). The lowest BCUT2D eigenvalue weighted by atomic mass is 10.2. The van der Waals surface area contributed by atoms with Gasteiger partial charge in [0.05, 0.1) is 24.4 Å². The number of ether oxygens (including phenoxy) is 1. The molecule has 27 heavy (non-hydrogen) atoms. The van der Waals surface area contributed by atoms with Crippen LogP contribution >= 0.6 is 11.3 Å². The second-order valence-electron chi connectivity index (χ2n) is 6.15. The highest BCUT2D eigenvalue weighted by Gasteiger charge is 2.18. The molecule has 0 fully saturated rings. The summed E-state index contributed by atoms with van der Waals surface area (Å²) in [4.78, 5) is 30.7. The summed E-state index contributed by atoms with van der Waals surface area (Å²) < 4.78 is 6.92. The van der Waals surface area contributed by atoms with Crippen LogP contribution in [0.2, 0.25) is 0 Å². The predicted molar refractivity (Wildman–Crippen MR) is 106 cm³/mol. The van der Waals surface area contributed by atoms with Gasteiger partial charge in [0.1, 0.15) is 5.75 Å². The molecule has 0 saturated carbocycles. The number of aromatic nitrogens is 3. The van der Waals surface area contributed by atoms with Gasteiger partial charge in [-0.15, -0.1) is 0 Å². The summed E-state index contributed by atoms with van der Waals surface area (Å²) in [6.45, 7) is 8.03. The average Bonchev–Trinajstić information content (AvgIpc) is 3.10. The van der Waals surface area contributed by atoms with Crippen molar-refractivity contribution in [3.8, 4) is 10.9 Å². The number of nitrogens with zero attached hydrogens (tertiary/aromatic N) is 2. The minimum Gasteiger partial charge on any atom is -0.492 e. The molecular formula is C19H22N4O3S. The van der Waals surface area contributed by atoms with Gasteiger partial charge in [0.25, 0.3) is 5.56 Å². The van der Waals surface area contributed by atoms with E-state index in [0.29, 0.717) is 34.4 Å². The van der Waals surface area contributed by atoms with E-state index in [0.717, 1.165) is 10.6 Å². The molecule has 0 radical (unpaired) electrons. The first-order chi connectivity index (χ1) is 12.9. The van der Waals surface area contributed by atoms with Crippen LogP contribution in [0.1, 0.15) is 28.8 Å². The first-order valence-corrected chi connectivity index (χ1v) is 9.49. The number of anilines is 1. The average molecular weight is 386 g/mol. The Hall–Kier alpha value is -2.87. The molecule has 0 unspecified atom stereocenters. The number of hydrogen-bond acceptors (Lipinski definition) is 5. The minimum absolute atomic E-state index is 0.0298. The van der Waals surface area contributed by atoms with E-state index in [4.69, 9.17) is 4.74 Å². The number of amides is 1. The lowest BCUT2D eigenvalue weighted by Crippen LogP contribution is -2.22. The number of nitrogens with one attached hydrogen (secondary N) is 2. The van der Waals surface area contributed by atoms with Crippen molar-refractivity contribution in [2.75, 3.05) is 11.9 Å². The molecule has 2 aromatic heterocycles. The highest BCUT2D eigenvalue weighted by Crippen LogP contribution is 2.24. The second kappa shape index (κ2) is 7.79. The smallest absolute Gasteiger partial charge is 0.277 e. The normalized spacial score (nSPS) is 10.8. The number of rotatable bonds is 6. The maximum absolute atomic E-state index is 12.8. The zero-order valence-electron chi connectivity index (χ0n) is 15.8. The Morgan fingerprint density at radius 1 is 1.30 bits per heavy atom. The summed E-state index contributed by atoms with van der Waals surface area (Å²) in [6, 6.07) is 7.22. The minimum atomic E-state index is -0.278. The maximum Gasteiger partial charge on any atom is 0.277 e. The summed E-state index contributed by atoms with van der Waals surface area (Å²) in [5, 5.41) is 6.42. The van der Waals surface area contributed by atoms with Gasteiger partial charge in [0.2, 0.25) is 11.0 Å². The number of carbonyl (C=O) groups excluding carboxylic acids is 1. The molecule has 0 aliphatic heterocycles. The fourth-order valence-corrected chi connectivity index (χ4v) is 3.55. The van der Waals surface area contributed by atoms with Crippen LogP contribution in [-0.2, 0) is 11.2 Å². The van der Waals surface area contributed by atoms with Gasteiger partial charge in [-0.05, 0) is 39.8 Å². The Kier molecular flexibility index (Phi) is 5.46. The lowest BCUT2D eigenvalue weighted by molar-refractivity contribution is -0.115. The highest BCUT2D eigenvalue weighted by atomic mass is 32.1. The molecule has 2 heterocycles. The van der Waals surface area contributed by atoms with Gasteiger partial charge in [-0.1, -0.05) is 23.5 Å². The van der Waals surface area contributed by atoms with Crippen molar-refractivity contribution in [1.29, 1.82) is 0 Å². The summed E-state index contributed by atoms with van der Waals surface area (Å²) >= 11 is 1.44. The van der Waals surface area contributed by atoms with E-state index >= 15 is 0 Å². The number of benzene rings is 1. The molecular weight excluding hydrogens is 364 g/mol. The van der Waals surface area contributed by atoms with Gasteiger partial charge >= 0.3 is 0 Å². The molecule has 2 N–H and O–H groups in total. The zero-order valence-corrected chi connectivity index (χ0v) is 16.6. The molecule has 0 saturated heterocycles. The molecule has 1 aromatic carbocycles. The van der Waals surface area contributed by atoms with E-state index in [1.807, 2.05) is 32.9 Å². The zero-order chi connectivity index (χ0) is 19.6. The van der Waals surface area contributed by atoms with Crippen LogP contribution in [0.15, 0.2) is 29.1 Å². The standard InChI is InChI=1S/C19H22N4O3S/c1-5-26-16-9-7-6-8-15(16)21-17(24)10-14-12(3)22-23(18(14)25)19-20-11(2)13(4)27-19/h6-9,22H,5,10H2,1-4H3,(H,21,24). The summed E-state index contributed by atoms with van der Waals surface area (Å²) in [7, 11) is 0. The van der Waals surface area contributed by atoms with Crippen molar-refractivity contribution < 1.29 is 9.53 Å². The summed E-state index contributed by atoms with van der Waals surface area (Å²) in [6.07, 6.45) is -0.0298. The number of para-hydroxylation sites is 2. The molecule has 1 amide bonds. The molecule has 142 valence electrons. The Bertz CT molecular complexity index is 1010. The van der Waals surface area contributed by atoms with E-state index in [1.54, 1.807) is 19.1 Å². The van der Waals surface area contributed by atoms with Crippen molar-refractivity contribution in [3.05, 3.63) is 56.4 Å². The highest BCUT2D eigenvalue weighted by molar-refractivity contribution is 7.14. The van der Waals surface area contributed by atoms with Crippen LogP contribution in [0, 0.1) is 20.8 Å². The predicted octanol–water partition coefficient (Wildman–Crippen LogP) is 3.13. The number of aromatic amines is 1. The van der Waals surface area contributed by atoms with Crippen LogP contribution in [0.5, 0.6) is 5.75 Å². The van der Waals surface area contributed by atoms with Gasteiger partial charge in [-0.3, -0.25) is 14.7 Å². The molecule has 0 aliphatic rings. The van der Waals surface area contributed by atoms with Crippen molar-refractivity contribution in [2.45, 2.75) is 34.1 Å². The summed E-state index contributed by atoms with van der Waals surface area (Å²) in [5.74, 6) is 0.324. The molecule has 7 nitrogen and oxygen atoms in total. The van der Waals surface area contributed by atoms with Crippen molar-refractivity contribution in [1.82, 2.24) is 14.8 Å². The van der Waals surface area contributed by atoms with Gasteiger partial charge < -0.3 is 10.1 Å². The monoisotopic (exact) mass is 386 g/mol. The third kappa shape index (κ3) is 3.95. The van der Waals surface area contributed by atoms with Crippen molar-refractivity contribution in [3.63, 3.8) is 0 Å². The van der Waals surface area contributed by atoms with Crippen LogP contribution in [0.3, 0.4) is 0 Å². The van der Waals surface area contributed by atoms with Crippen LogP contribution < -0.4 is 15.6 Å². The van der Waals surface area contributed by atoms with E-state index in [-0.39, 0.29) is 17.9 Å². The molecule has 0 spiro atoms. The van der Waals surface area contributed by atoms with Crippen LogP contribution in [-0.4, -0.2) is 27.3 Å². The van der Waals surface area contributed by atoms with Crippen molar-refractivity contribution in [2.24, 2.45) is 0 Å². The van der Waals surface area contributed by atoms with Gasteiger partial charge in [0.15, 0.2) is 0 Å². The van der Waals surface area contributed by atoms with Gasteiger partial charge in [-0.2, -0.15) is 4.68 Å².